The highest BCUT2D eigenvalue weighted by atomic mass is 16.6. The Bertz CT molecular complexity index is 650. The van der Waals surface area contributed by atoms with Gasteiger partial charge in [-0.25, -0.2) is 9.78 Å². The van der Waals surface area contributed by atoms with Gasteiger partial charge >= 0.3 is 5.97 Å². The maximum absolute atomic E-state index is 11.9. The Morgan fingerprint density at radius 1 is 1.42 bits per heavy atom. The molecule has 0 saturated heterocycles. The minimum atomic E-state index is -0.639. The zero-order chi connectivity index (χ0) is 13.8. The first-order valence-electron chi connectivity index (χ1n) is 5.79. The van der Waals surface area contributed by atoms with Gasteiger partial charge in [-0.2, -0.15) is 0 Å². The van der Waals surface area contributed by atoms with Crippen molar-refractivity contribution in [2.75, 3.05) is 13.7 Å². The standard InChI is InChI=1S/C13H14N2O4/c1-8(19-11(16)7-18-2)12-14-10-6-4-3-5-9(10)13(17)15-12/h3-6,8H,7H2,1-2H3,(H,14,15,17)/t8-/m0/s1. The second kappa shape index (κ2) is 5.62. The van der Waals surface area contributed by atoms with E-state index < -0.39 is 12.1 Å². The third kappa shape index (κ3) is 2.97. The number of H-pyrrole nitrogens is 1. The Hall–Kier alpha value is -2.21. The van der Waals surface area contributed by atoms with Crippen molar-refractivity contribution in [3.8, 4) is 0 Å². The van der Waals surface area contributed by atoms with Gasteiger partial charge in [0.05, 0.1) is 10.9 Å². The molecule has 0 aliphatic heterocycles. The third-order valence-electron chi connectivity index (χ3n) is 2.59. The highest BCUT2D eigenvalue weighted by Gasteiger charge is 2.15. The molecule has 0 saturated carbocycles. The summed E-state index contributed by atoms with van der Waals surface area (Å²) in [6.45, 7) is 1.50. The van der Waals surface area contributed by atoms with Gasteiger partial charge in [-0.15, -0.1) is 0 Å². The van der Waals surface area contributed by atoms with Crippen LogP contribution in [0.3, 0.4) is 0 Å². The van der Waals surface area contributed by atoms with Crippen LogP contribution < -0.4 is 5.56 Å². The average Bonchev–Trinajstić information content (AvgIpc) is 2.39. The predicted molar refractivity (Wildman–Crippen MR) is 68.7 cm³/mol. The molecule has 1 aromatic carbocycles. The third-order valence-corrected chi connectivity index (χ3v) is 2.59. The number of para-hydroxylation sites is 1. The number of hydrogen-bond acceptors (Lipinski definition) is 5. The number of rotatable bonds is 4. The van der Waals surface area contributed by atoms with E-state index in [0.717, 1.165) is 0 Å². The SMILES string of the molecule is COCC(=O)O[C@@H](C)c1nc2ccccc2c(=O)[nH]1. The lowest BCUT2D eigenvalue weighted by Gasteiger charge is -2.12. The van der Waals surface area contributed by atoms with Crippen LogP contribution in [0.4, 0.5) is 0 Å². The highest BCUT2D eigenvalue weighted by Crippen LogP contribution is 2.14. The van der Waals surface area contributed by atoms with Crippen LogP contribution in [0.5, 0.6) is 0 Å². The lowest BCUT2D eigenvalue weighted by Crippen LogP contribution is -2.19. The number of ether oxygens (including phenoxy) is 2. The monoisotopic (exact) mass is 262 g/mol. The van der Waals surface area contributed by atoms with Gasteiger partial charge in [-0.3, -0.25) is 4.79 Å². The van der Waals surface area contributed by atoms with Crippen molar-refractivity contribution >= 4 is 16.9 Å². The molecule has 0 aliphatic rings. The van der Waals surface area contributed by atoms with Gasteiger partial charge in [-0.1, -0.05) is 12.1 Å². The van der Waals surface area contributed by atoms with Gasteiger partial charge in [0, 0.05) is 7.11 Å². The van der Waals surface area contributed by atoms with Gasteiger partial charge < -0.3 is 14.5 Å². The number of aromatic amines is 1. The molecule has 0 amide bonds. The summed E-state index contributed by atoms with van der Waals surface area (Å²) >= 11 is 0. The molecule has 0 aliphatic carbocycles. The summed E-state index contributed by atoms with van der Waals surface area (Å²) in [4.78, 5) is 30.1. The number of benzene rings is 1. The van der Waals surface area contributed by atoms with Gasteiger partial charge in [0.25, 0.3) is 5.56 Å². The smallest absolute Gasteiger partial charge is 0.332 e. The van der Waals surface area contributed by atoms with E-state index in [1.54, 1.807) is 31.2 Å². The molecule has 0 fully saturated rings. The zero-order valence-electron chi connectivity index (χ0n) is 10.7. The lowest BCUT2D eigenvalue weighted by atomic mass is 10.2. The van der Waals surface area contributed by atoms with Gasteiger partial charge in [0.15, 0.2) is 11.9 Å². The molecular formula is C13H14N2O4. The van der Waals surface area contributed by atoms with Crippen LogP contribution in [0.25, 0.3) is 10.9 Å². The molecule has 2 rings (SSSR count). The number of nitrogens with zero attached hydrogens (tertiary/aromatic N) is 1. The van der Waals surface area contributed by atoms with E-state index in [-0.39, 0.29) is 12.2 Å². The summed E-state index contributed by atoms with van der Waals surface area (Å²) < 4.78 is 9.75. The molecule has 1 aromatic heterocycles. The summed E-state index contributed by atoms with van der Waals surface area (Å²) in [5.74, 6) is -0.195. The fourth-order valence-electron chi connectivity index (χ4n) is 1.70. The lowest BCUT2D eigenvalue weighted by molar-refractivity contribution is -0.153. The highest BCUT2D eigenvalue weighted by molar-refractivity contribution is 5.77. The fourth-order valence-corrected chi connectivity index (χ4v) is 1.70. The van der Waals surface area contributed by atoms with Crippen LogP contribution in [0.2, 0.25) is 0 Å². The Morgan fingerprint density at radius 2 is 2.16 bits per heavy atom. The molecule has 0 bridgehead atoms. The van der Waals surface area contributed by atoms with Crippen LogP contribution in [-0.2, 0) is 14.3 Å². The maximum Gasteiger partial charge on any atom is 0.332 e. The molecule has 19 heavy (non-hydrogen) atoms. The number of nitrogens with one attached hydrogen (secondary N) is 1. The Labute approximate surface area is 109 Å². The number of esters is 1. The molecule has 2 aromatic rings. The van der Waals surface area contributed by atoms with Crippen LogP contribution in [-0.4, -0.2) is 29.7 Å². The van der Waals surface area contributed by atoms with E-state index in [1.807, 2.05) is 0 Å². The number of fused-ring (bicyclic) bond motifs is 1. The number of hydrogen-bond donors (Lipinski definition) is 1. The summed E-state index contributed by atoms with van der Waals surface area (Å²) in [5, 5.41) is 0.502. The summed E-state index contributed by atoms with van der Waals surface area (Å²) in [6, 6.07) is 6.98. The molecule has 1 heterocycles. The van der Waals surface area contributed by atoms with E-state index >= 15 is 0 Å². The van der Waals surface area contributed by atoms with Crippen molar-refractivity contribution in [1.29, 1.82) is 0 Å². The Balaban J connectivity index is 2.30. The Morgan fingerprint density at radius 3 is 2.89 bits per heavy atom. The van der Waals surface area contributed by atoms with Crippen molar-refractivity contribution in [1.82, 2.24) is 9.97 Å². The van der Waals surface area contributed by atoms with Crippen molar-refractivity contribution in [3.63, 3.8) is 0 Å². The topological polar surface area (TPSA) is 81.3 Å². The Kier molecular flexibility index (Phi) is 3.91. The molecule has 6 nitrogen and oxygen atoms in total. The van der Waals surface area contributed by atoms with Crippen LogP contribution in [0, 0.1) is 0 Å². The van der Waals surface area contributed by atoms with Gasteiger partial charge in [0.2, 0.25) is 0 Å². The largest absolute Gasteiger partial charge is 0.453 e. The normalized spacial score (nSPS) is 12.3. The molecule has 1 atom stereocenters. The van der Waals surface area contributed by atoms with Crippen LogP contribution in [0.15, 0.2) is 29.1 Å². The summed E-state index contributed by atoms with van der Waals surface area (Å²) in [5.41, 5.74) is 0.311. The minimum Gasteiger partial charge on any atom is -0.453 e. The quantitative estimate of drug-likeness (QED) is 0.836. The van der Waals surface area contributed by atoms with Gasteiger partial charge in [0.1, 0.15) is 6.61 Å². The molecule has 0 spiro atoms. The number of methoxy groups -OCH3 is 1. The predicted octanol–water partition coefficient (Wildman–Crippen LogP) is 1.17. The van der Waals surface area contributed by atoms with Gasteiger partial charge in [-0.05, 0) is 19.1 Å². The molecular weight excluding hydrogens is 248 g/mol. The van der Waals surface area contributed by atoms with E-state index in [0.29, 0.717) is 16.7 Å². The molecule has 0 radical (unpaired) electrons. The van der Waals surface area contributed by atoms with E-state index in [2.05, 4.69) is 14.7 Å². The van der Waals surface area contributed by atoms with Crippen molar-refractivity contribution in [2.45, 2.75) is 13.0 Å². The number of carbonyl (C=O) groups is 1. The number of aromatic nitrogens is 2. The van der Waals surface area contributed by atoms with E-state index in [1.165, 1.54) is 7.11 Å². The molecule has 0 unspecified atom stereocenters. The van der Waals surface area contributed by atoms with Crippen molar-refractivity contribution in [3.05, 3.63) is 40.4 Å². The van der Waals surface area contributed by atoms with Crippen LogP contribution >= 0.6 is 0 Å². The zero-order valence-corrected chi connectivity index (χ0v) is 10.7. The summed E-state index contributed by atoms with van der Waals surface area (Å²) in [7, 11) is 1.40. The second-order valence-electron chi connectivity index (χ2n) is 4.03. The molecule has 1 N–H and O–H groups in total. The van der Waals surface area contributed by atoms with Crippen molar-refractivity contribution < 1.29 is 14.3 Å². The first kappa shape index (κ1) is 13.2. The second-order valence-corrected chi connectivity index (χ2v) is 4.03. The van der Waals surface area contributed by atoms with E-state index in [9.17, 15) is 9.59 Å². The van der Waals surface area contributed by atoms with Crippen molar-refractivity contribution in [2.24, 2.45) is 0 Å². The molecule has 6 heteroatoms. The first-order valence-corrected chi connectivity index (χ1v) is 5.79. The number of carbonyl (C=O) groups excluding carboxylic acids is 1. The van der Waals surface area contributed by atoms with E-state index in [4.69, 9.17) is 4.74 Å². The maximum atomic E-state index is 11.9. The average molecular weight is 262 g/mol. The fraction of sp³-hybridized carbons (Fsp3) is 0.308. The minimum absolute atomic E-state index is 0.137. The molecule has 100 valence electrons. The first-order chi connectivity index (χ1) is 9.11. The summed E-state index contributed by atoms with van der Waals surface area (Å²) in [6.07, 6.45) is -0.639. The van der Waals surface area contributed by atoms with Crippen LogP contribution in [0.1, 0.15) is 18.9 Å².